The minimum atomic E-state index is -0.241. The van der Waals surface area contributed by atoms with Crippen molar-refractivity contribution in [1.29, 1.82) is 0 Å². The van der Waals surface area contributed by atoms with Crippen LogP contribution in [0.1, 0.15) is 5.56 Å². The van der Waals surface area contributed by atoms with Gasteiger partial charge in [0.15, 0.2) is 0 Å². The van der Waals surface area contributed by atoms with Crippen LogP contribution in [-0.2, 0) is 11.2 Å². The maximum atomic E-state index is 12.2. The number of amides is 1. The van der Waals surface area contributed by atoms with E-state index in [4.69, 9.17) is 4.74 Å². The molecule has 0 aliphatic carbocycles. The van der Waals surface area contributed by atoms with Gasteiger partial charge in [-0.25, -0.2) is 4.98 Å². The Bertz CT molecular complexity index is 600. The molecule has 0 radical (unpaired) electrons. The number of para-hydroxylation sites is 1. The maximum Gasteiger partial charge on any atom is 0.247 e. The lowest BCUT2D eigenvalue weighted by Gasteiger charge is -2.11. The van der Waals surface area contributed by atoms with Crippen LogP contribution in [0.2, 0.25) is 0 Å². The van der Waals surface area contributed by atoms with Crippen molar-refractivity contribution in [3.05, 3.63) is 48.2 Å². The molecule has 1 aliphatic heterocycles. The van der Waals surface area contributed by atoms with E-state index in [1.165, 1.54) is 5.56 Å². The Labute approximate surface area is 117 Å². The average Bonchev–Trinajstić information content (AvgIpc) is 2.92. The first-order chi connectivity index (χ1) is 9.76. The molecule has 0 bridgehead atoms. The van der Waals surface area contributed by atoms with Crippen LogP contribution in [0.15, 0.2) is 42.6 Å². The number of hydrogen-bond acceptors (Lipinski definition) is 4. The Balaban J connectivity index is 1.66. The molecule has 2 aromatic rings. The third kappa shape index (κ3) is 2.42. The second kappa shape index (κ2) is 5.21. The van der Waals surface area contributed by atoms with Crippen molar-refractivity contribution in [2.45, 2.75) is 12.5 Å². The highest BCUT2D eigenvalue weighted by Gasteiger charge is 2.26. The Morgan fingerprint density at radius 1 is 1.35 bits per heavy atom. The fraction of sp³-hybridized carbons (Fsp3) is 0.200. The number of benzene rings is 1. The highest BCUT2D eigenvalue weighted by atomic mass is 16.5. The molecule has 1 amide bonds. The highest BCUT2D eigenvalue weighted by molar-refractivity contribution is 5.97. The van der Waals surface area contributed by atoms with Gasteiger partial charge in [-0.2, -0.15) is 0 Å². The quantitative estimate of drug-likeness (QED) is 0.895. The first kappa shape index (κ1) is 12.5. The average molecular weight is 269 g/mol. The maximum absolute atomic E-state index is 12.2. The van der Waals surface area contributed by atoms with Crippen LogP contribution in [-0.4, -0.2) is 24.0 Å². The van der Waals surface area contributed by atoms with Crippen molar-refractivity contribution >= 4 is 17.3 Å². The molecule has 102 valence electrons. The zero-order chi connectivity index (χ0) is 13.9. The predicted octanol–water partition coefficient (Wildman–Crippen LogP) is 2.07. The number of rotatable bonds is 3. The van der Waals surface area contributed by atoms with Gasteiger partial charge < -0.3 is 15.4 Å². The zero-order valence-electron chi connectivity index (χ0n) is 11.1. The molecule has 0 fully saturated rings. The summed E-state index contributed by atoms with van der Waals surface area (Å²) in [5.74, 6) is 0.461. The third-order valence-electron chi connectivity index (χ3n) is 3.30. The third-order valence-corrected chi connectivity index (χ3v) is 3.30. The summed E-state index contributed by atoms with van der Waals surface area (Å²) in [7, 11) is 1.56. The summed E-state index contributed by atoms with van der Waals surface area (Å²) >= 11 is 0. The van der Waals surface area contributed by atoms with Crippen LogP contribution in [0.4, 0.5) is 11.4 Å². The van der Waals surface area contributed by atoms with E-state index in [0.717, 1.165) is 5.69 Å². The smallest absolute Gasteiger partial charge is 0.247 e. The molecule has 2 N–H and O–H groups in total. The number of hydrogen-bond donors (Lipinski definition) is 2. The van der Waals surface area contributed by atoms with E-state index in [9.17, 15) is 4.79 Å². The normalized spacial score (nSPS) is 16.1. The molecule has 1 atom stereocenters. The second-order valence-electron chi connectivity index (χ2n) is 4.64. The van der Waals surface area contributed by atoms with E-state index in [0.29, 0.717) is 18.0 Å². The van der Waals surface area contributed by atoms with Crippen molar-refractivity contribution < 1.29 is 9.53 Å². The van der Waals surface area contributed by atoms with Gasteiger partial charge in [-0.3, -0.25) is 4.79 Å². The van der Waals surface area contributed by atoms with E-state index in [1.54, 1.807) is 25.4 Å². The van der Waals surface area contributed by atoms with Gasteiger partial charge in [0.1, 0.15) is 6.04 Å². The van der Waals surface area contributed by atoms with Crippen LogP contribution in [0.5, 0.6) is 5.88 Å². The van der Waals surface area contributed by atoms with Gasteiger partial charge in [-0.15, -0.1) is 0 Å². The van der Waals surface area contributed by atoms with Crippen LogP contribution < -0.4 is 15.4 Å². The van der Waals surface area contributed by atoms with E-state index in [2.05, 4.69) is 15.6 Å². The van der Waals surface area contributed by atoms with E-state index < -0.39 is 0 Å². The van der Waals surface area contributed by atoms with Crippen molar-refractivity contribution in [1.82, 2.24) is 4.98 Å². The fourth-order valence-corrected chi connectivity index (χ4v) is 2.26. The summed E-state index contributed by atoms with van der Waals surface area (Å²) in [6.45, 7) is 0. The van der Waals surface area contributed by atoms with Crippen molar-refractivity contribution in [2.75, 3.05) is 17.7 Å². The van der Waals surface area contributed by atoms with E-state index >= 15 is 0 Å². The molecule has 1 aliphatic rings. The molecule has 0 unspecified atom stereocenters. The van der Waals surface area contributed by atoms with Crippen LogP contribution >= 0.6 is 0 Å². The van der Waals surface area contributed by atoms with Gasteiger partial charge in [0, 0.05) is 18.2 Å². The molecule has 0 saturated heterocycles. The lowest BCUT2D eigenvalue weighted by atomic mass is 10.1. The molecule has 20 heavy (non-hydrogen) atoms. The number of fused-ring (bicyclic) bond motifs is 1. The van der Waals surface area contributed by atoms with Gasteiger partial charge in [-0.1, -0.05) is 18.2 Å². The van der Waals surface area contributed by atoms with Crippen LogP contribution in [0, 0.1) is 0 Å². The van der Waals surface area contributed by atoms with E-state index in [1.807, 2.05) is 24.3 Å². The SMILES string of the molecule is COc1ccc(NC(=O)[C@@H]2Cc3ccccc3N2)cn1. The van der Waals surface area contributed by atoms with Crippen LogP contribution in [0.3, 0.4) is 0 Å². The first-order valence-electron chi connectivity index (χ1n) is 6.41. The standard InChI is InChI=1S/C15H15N3O2/c1-20-14-7-6-11(9-16-14)17-15(19)13-8-10-4-2-3-5-12(10)18-13/h2-7,9,13,18H,8H2,1H3,(H,17,19)/t13-/m0/s1. The lowest BCUT2D eigenvalue weighted by molar-refractivity contribution is -0.116. The highest BCUT2D eigenvalue weighted by Crippen LogP contribution is 2.25. The minimum Gasteiger partial charge on any atom is -0.481 e. The Morgan fingerprint density at radius 3 is 2.90 bits per heavy atom. The minimum absolute atomic E-state index is 0.0619. The predicted molar refractivity (Wildman–Crippen MR) is 77.0 cm³/mol. The molecule has 1 aromatic carbocycles. The lowest BCUT2D eigenvalue weighted by Crippen LogP contribution is -2.32. The molecule has 5 heteroatoms. The summed E-state index contributed by atoms with van der Waals surface area (Å²) < 4.78 is 4.98. The van der Waals surface area contributed by atoms with Crippen molar-refractivity contribution in [3.8, 4) is 5.88 Å². The van der Waals surface area contributed by atoms with Gasteiger partial charge in [0.25, 0.3) is 0 Å². The topological polar surface area (TPSA) is 63.2 Å². The number of carbonyl (C=O) groups excluding carboxylic acids is 1. The van der Waals surface area contributed by atoms with Gasteiger partial charge in [0.05, 0.1) is 19.0 Å². The largest absolute Gasteiger partial charge is 0.481 e. The van der Waals surface area contributed by atoms with Crippen LogP contribution in [0.25, 0.3) is 0 Å². The Morgan fingerprint density at radius 2 is 2.20 bits per heavy atom. The molecule has 2 heterocycles. The Kier molecular flexibility index (Phi) is 3.25. The number of anilines is 2. The Hall–Kier alpha value is -2.56. The molecular formula is C15H15N3O2. The number of carbonyl (C=O) groups is 1. The molecule has 3 rings (SSSR count). The number of aromatic nitrogens is 1. The number of pyridine rings is 1. The van der Waals surface area contributed by atoms with Crippen molar-refractivity contribution in [3.63, 3.8) is 0 Å². The second-order valence-corrected chi connectivity index (χ2v) is 4.64. The molecule has 1 aromatic heterocycles. The summed E-state index contributed by atoms with van der Waals surface area (Å²) in [6, 6.07) is 11.2. The molecule has 5 nitrogen and oxygen atoms in total. The van der Waals surface area contributed by atoms with Crippen molar-refractivity contribution in [2.24, 2.45) is 0 Å². The summed E-state index contributed by atoms with van der Waals surface area (Å²) in [6.07, 6.45) is 2.28. The number of nitrogens with one attached hydrogen (secondary N) is 2. The van der Waals surface area contributed by atoms with E-state index in [-0.39, 0.29) is 11.9 Å². The summed E-state index contributed by atoms with van der Waals surface area (Å²) in [4.78, 5) is 16.3. The van der Waals surface area contributed by atoms with Gasteiger partial charge in [0.2, 0.25) is 11.8 Å². The first-order valence-corrected chi connectivity index (χ1v) is 6.41. The molecule has 0 saturated carbocycles. The molecular weight excluding hydrogens is 254 g/mol. The summed E-state index contributed by atoms with van der Waals surface area (Å²) in [5, 5.41) is 6.07. The fourth-order valence-electron chi connectivity index (χ4n) is 2.26. The monoisotopic (exact) mass is 269 g/mol. The van der Waals surface area contributed by atoms with Gasteiger partial charge >= 0.3 is 0 Å². The number of methoxy groups -OCH3 is 1. The number of nitrogens with zero attached hydrogens (tertiary/aromatic N) is 1. The number of ether oxygens (including phenoxy) is 1. The van der Waals surface area contributed by atoms with Gasteiger partial charge in [-0.05, 0) is 17.7 Å². The molecule has 0 spiro atoms. The zero-order valence-corrected chi connectivity index (χ0v) is 11.1. The summed E-state index contributed by atoms with van der Waals surface area (Å²) in [5.41, 5.74) is 2.86.